The lowest BCUT2D eigenvalue weighted by Gasteiger charge is -2.23. The second-order valence-electron chi connectivity index (χ2n) is 6.03. The minimum absolute atomic E-state index is 0.0801. The van der Waals surface area contributed by atoms with Crippen molar-refractivity contribution in [3.05, 3.63) is 23.8 Å². The van der Waals surface area contributed by atoms with Crippen LogP contribution in [0.3, 0.4) is 0 Å². The smallest absolute Gasteiger partial charge is 0.315 e. The quantitative estimate of drug-likeness (QED) is 0.794. The summed E-state index contributed by atoms with van der Waals surface area (Å²) in [6.45, 7) is 4.06. The molecule has 0 spiro atoms. The van der Waals surface area contributed by atoms with E-state index in [4.69, 9.17) is 9.47 Å². The van der Waals surface area contributed by atoms with Crippen LogP contribution in [0.25, 0.3) is 0 Å². The van der Waals surface area contributed by atoms with Crippen molar-refractivity contribution in [1.82, 2.24) is 10.6 Å². The minimum Gasteiger partial charge on any atom is -0.486 e. The molecule has 2 N–H and O–H groups in total. The molecule has 1 saturated carbocycles. The Hall–Kier alpha value is -1.91. The van der Waals surface area contributed by atoms with E-state index in [-0.39, 0.29) is 11.6 Å². The second kappa shape index (κ2) is 6.46. The van der Waals surface area contributed by atoms with Gasteiger partial charge in [-0.1, -0.05) is 25.8 Å². The van der Waals surface area contributed by atoms with Crippen LogP contribution in [-0.2, 0) is 5.54 Å². The van der Waals surface area contributed by atoms with Crippen LogP contribution in [0.1, 0.15) is 44.6 Å². The van der Waals surface area contributed by atoms with E-state index < -0.39 is 0 Å². The van der Waals surface area contributed by atoms with E-state index >= 15 is 0 Å². The summed E-state index contributed by atoms with van der Waals surface area (Å²) in [6.07, 6.45) is 5.27. The van der Waals surface area contributed by atoms with Gasteiger partial charge in [0.15, 0.2) is 11.5 Å². The second-order valence-corrected chi connectivity index (χ2v) is 6.03. The predicted molar refractivity (Wildman–Crippen MR) is 84.4 cm³/mol. The SMILES string of the molecule is CCCCCNC(=O)NC1(c2ccc3c(c2)OCCO3)CC1. The minimum atomic E-state index is -0.231. The zero-order valence-corrected chi connectivity index (χ0v) is 13.1. The Kier molecular flexibility index (Phi) is 4.41. The van der Waals surface area contributed by atoms with Crippen molar-refractivity contribution in [2.45, 2.75) is 44.6 Å². The number of ether oxygens (including phenoxy) is 2. The summed E-state index contributed by atoms with van der Waals surface area (Å²) in [5.74, 6) is 1.56. The molecule has 2 aliphatic rings. The summed E-state index contributed by atoms with van der Waals surface area (Å²) in [7, 11) is 0. The van der Waals surface area contributed by atoms with Crippen LogP contribution in [0, 0.1) is 0 Å². The molecule has 1 aromatic carbocycles. The van der Waals surface area contributed by atoms with Gasteiger partial charge in [0.05, 0.1) is 5.54 Å². The van der Waals surface area contributed by atoms with E-state index in [1.807, 2.05) is 18.2 Å². The number of benzene rings is 1. The monoisotopic (exact) mass is 304 g/mol. The first kappa shape index (κ1) is 15.0. The van der Waals surface area contributed by atoms with Crippen molar-refractivity contribution >= 4 is 6.03 Å². The Morgan fingerprint density at radius 1 is 1.18 bits per heavy atom. The zero-order valence-electron chi connectivity index (χ0n) is 13.1. The maximum Gasteiger partial charge on any atom is 0.315 e. The van der Waals surface area contributed by atoms with Gasteiger partial charge in [0.1, 0.15) is 13.2 Å². The van der Waals surface area contributed by atoms with Crippen molar-refractivity contribution in [3.8, 4) is 11.5 Å². The van der Waals surface area contributed by atoms with Gasteiger partial charge < -0.3 is 20.1 Å². The maximum atomic E-state index is 12.0. The van der Waals surface area contributed by atoms with Crippen LogP contribution in [0.15, 0.2) is 18.2 Å². The molecule has 0 saturated heterocycles. The summed E-state index contributed by atoms with van der Waals surface area (Å²) in [4.78, 5) is 12.0. The Morgan fingerprint density at radius 2 is 1.95 bits per heavy atom. The molecule has 0 aromatic heterocycles. The van der Waals surface area contributed by atoms with Crippen molar-refractivity contribution in [1.29, 1.82) is 0 Å². The molecule has 5 nitrogen and oxygen atoms in total. The van der Waals surface area contributed by atoms with Crippen molar-refractivity contribution < 1.29 is 14.3 Å². The average molecular weight is 304 g/mol. The molecule has 0 atom stereocenters. The van der Waals surface area contributed by atoms with Gasteiger partial charge in [-0.15, -0.1) is 0 Å². The van der Waals surface area contributed by atoms with Crippen LogP contribution in [0.2, 0.25) is 0 Å². The Morgan fingerprint density at radius 3 is 2.68 bits per heavy atom. The third-order valence-electron chi connectivity index (χ3n) is 4.26. The van der Waals surface area contributed by atoms with Crippen LogP contribution in [0.4, 0.5) is 4.79 Å². The number of unbranched alkanes of at least 4 members (excludes halogenated alkanes) is 2. The zero-order chi connectivity index (χ0) is 15.4. The first-order valence-electron chi connectivity index (χ1n) is 8.20. The first-order valence-corrected chi connectivity index (χ1v) is 8.20. The van der Waals surface area contributed by atoms with Gasteiger partial charge in [-0.25, -0.2) is 4.79 Å². The molecule has 5 heteroatoms. The average Bonchev–Trinajstić information content (AvgIpc) is 3.32. The van der Waals surface area contributed by atoms with Gasteiger partial charge in [0, 0.05) is 6.54 Å². The highest BCUT2D eigenvalue weighted by atomic mass is 16.6. The number of hydrogen-bond acceptors (Lipinski definition) is 3. The molecule has 1 aromatic rings. The number of hydrogen-bond donors (Lipinski definition) is 2. The lowest BCUT2D eigenvalue weighted by atomic mass is 10.0. The highest BCUT2D eigenvalue weighted by molar-refractivity contribution is 5.75. The third-order valence-corrected chi connectivity index (χ3v) is 4.26. The molecular formula is C17H24N2O3. The first-order chi connectivity index (χ1) is 10.7. The van der Waals surface area contributed by atoms with Gasteiger partial charge in [-0.05, 0) is 37.0 Å². The summed E-state index contributed by atoms with van der Waals surface area (Å²) in [5, 5.41) is 6.06. The van der Waals surface area contributed by atoms with Gasteiger partial charge in [-0.2, -0.15) is 0 Å². The molecule has 3 rings (SSSR count). The van der Waals surface area contributed by atoms with E-state index in [0.29, 0.717) is 13.2 Å². The van der Waals surface area contributed by atoms with Gasteiger partial charge in [-0.3, -0.25) is 0 Å². The lowest BCUT2D eigenvalue weighted by Crippen LogP contribution is -2.42. The Balaban J connectivity index is 1.60. The molecule has 22 heavy (non-hydrogen) atoms. The van der Waals surface area contributed by atoms with Crippen LogP contribution in [0.5, 0.6) is 11.5 Å². The van der Waals surface area contributed by atoms with Crippen LogP contribution >= 0.6 is 0 Å². The summed E-state index contributed by atoms with van der Waals surface area (Å²) < 4.78 is 11.2. The molecular weight excluding hydrogens is 280 g/mol. The molecule has 0 radical (unpaired) electrons. The highest BCUT2D eigenvalue weighted by Gasteiger charge is 2.46. The lowest BCUT2D eigenvalue weighted by molar-refractivity contribution is 0.171. The highest BCUT2D eigenvalue weighted by Crippen LogP contribution is 2.47. The molecule has 2 amide bonds. The molecule has 1 aliphatic carbocycles. The van der Waals surface area contributed by atoms with E-state index in [1.54, 1.807) is 0 Å². The summed E-state index contributed by atoms with van der Waals surface area (Å²) >= 11 is 0. The largest absolute Gasteiger partial charge is 0.486 e. The number of carbonyl (C=O) groups excluding carboxylic acids is 1. The number of rotatable bonds is 6. The van der Waals surface area contributed by atoms with E-state index in [0.717, 1.165) is 55.7 Å². The number of carbonyl (C=O) groups is 1. The fraction of sp³-hybridized carbons (Fsp3) is 0.588. The Bertz CT molecular complexity index is 541. The topological polar surface area (TPSA) is 59.6 Å². The fourth-order valence-corrected chi connectivity index (χ4v) is 2.79. The third kappa shape index (κ3) is 3.29. The van der Waals surface area contributed by atoms with Gasteiger partial charge in [0.25, 0.3) is 0 Å². The maximum absolute atomic E-state index is 12.0. The molecule has 1 fully saturated rings. The standard InChI is InChI=1S/C17H24N2O3/c1-2-3-4-9-18-16(20)19-17(7-8-17)13-5-6-14-15(12-13)22-11-10-21-14/h5-6,12H,2-4,7-11H2,1H3,(H2,18,19,20). The number of urea groups is 1. The molecule has 1 aliphatic heterocycles. The molecule has 1 heterocycles. The van der Waals surface area contributed by atoms with E-state index in [1.165, 1.54) is 0 Å². The summed E-state index contributed by atoms with van der Waals surface area (Å²) in [6, 6.07) is 5.88. The normalized spacial score (nSPS) is 17.7. The van der Waals surface area contributed by atoms with Gasteiger partial charge in [0.2, 0.25) is 0 Å². The van der Waals surface area contributed by atoms with E-state index in [2.05, 4.69) is 17.6 Å². The molecule has 120 valence electrons. The van der Waals surface area contributed by atoms with Crippen molar-refractivity contribution in [3.63, 3.8) is 0 Å². The molecule has 0 unspecified atom stereocenters. The number of nitrogens with one attached hydrogen (secondary N) is 2. The van der Waals surface area contributed by atoms with Gasteiger partial charge >= 0.3 is 6.03 Å². The van der Waals surface area contributed by atoms with Crippen LogP contribution in [-0.4, -0.2) is 25.8 Å². The number of amides is 2. The number of fused-ring (bicyclic) bond motifs is 1. The van der Waals surface area contributed by atoms with Crippen LogP contribution < -0.4 is 20.1 Å². The fourth-order valence-electron chi connectivity index (χ4n) is 2.79. The van der Waals surface area contributed by atoms with Crippen molar-refractivity contribution in [2.24, 2.45) is 0 Å². The van der Waals surface area contributed by atoms with Crippen molar-refractivity contribution in [2.75, 3.05) is 19.8 Å². The Labute approximate surface area is 131 Å². The summed E-state index contributed by atoms with van der Waals surface area (Å²) in [5.41, 5.74) is 0.866. The van der Waals surface area contributed by atoms with E-state index in [9.17, 15) is 4.79 Å². The predicted octanol–water partition coefficient (Wildman–Crippen LogP) is 2.94. The molecule has 0 bridgehead atoms.